The summed E-state index contributed by atoms with van der Waals surface area (Å²) in [6.45, 7) is 1.84. The minimum atomic E-state index is -0.353. The van der Waals surface area contributed by atoms with Gasteiger partial charge < -0.3 is 9.73 Å². The fourth-order valence-corrected chi connectivity index (χ4v) is 2.10. The Morgan fingerprint density at radius 3 is 2.59 bits per heavy atom. The molecule has 3 rings (SSSR count). The summed E-state index contributed by atoms with van der Waals surface area (Å²) in [6.07, 6.45) is 0. The van der Waals surface area contributed by atoms with E-state index in [1.165, 1.54) is 28.9 Å². The molecule has 0 aliphatic rings. The molecule has 22 heavy (non-hydrogen) atoms. The van der Waals surface area contributed by atoms with Crippen molar-refractivity contribution in [3.63, 3.8) is 0 Å². The van der Waals surface area contributed by atoms with Crippen molar-refractivity contribution in [1.82, 2.24) is 9.78 Å². The van der Waals surface area contributed by atoms with Crippen LogP contribution in [0.15, 0.2) is 46.9 Å². The lowest BCUT2D eigenvalue weighted by Gasteiger charge is -2.04. The molecule has 0 aliphatic heterocycles. The van der Waals surface area contributed by atoms with Gasteiger partial charge in [0.2, 0.25) is 0 Å². The summed E-state index contributed by atoms with van der Waals surface area (Å²) < 4.78 is 19.8. The van der Waals surface area contributed by atoms with Crippen molar-refractivity contribution >= 4 is 11.6 Å². The van der Waals surface area contributed by atoms with E-state index in [4.69, 9.17) is 4.42 Å². The molecule has 0 radical (unpaired) electrons. The van der Waals surface area contributed by atoms with E-state index in [9.17, 15) is 9.18 Å². The van der Waals surface area contributed by atoms with Crippen LogP contribution in [0.3, 0.4) is 0 Å². The smallest absolute Gasteiger partial charge is 0.273 e. The maximum absolute atomic E-state index is 12.9. The van der Waals surface area contributed by atoms with Gasteiger partial charge in [0, 0.05) is 18.8 Å². The number of halogens is 1. The number of carbonyl (C=O) groups excluding carboxylic acids is 1. The predicted octanol–water partition coefficient (Wildman–Crippen LogP) is 3.38. The fraction of sp³-hybridized carbons (Fsp3) is 0.125. The quantitative estimate of drug-likeness (QED) is 0.806. The highest BCUT2D eigenvalue weighted by atomic mass is 19.1. The van der Waals surface area contributed by atoms with E-state index in [0.29, 0.717) is 22.8 Å². The van der Waals surface area contributed by atoms with Gasteiger partial charge in [-0.2, -0.15) is 5.10 Å². The average Bonchev–Trinajstić information content (AvgIpc) is 3.07. The summed E-state index contributed by atoms with van der Waals surface area (Å²) in [6, 6.07) is 10.9. The van der Waals surface area contributed by atoms with E-state index < -0.39 is 0 Å². The van der Waals surface area contributed by atoms with E-state index in [1.54, 1.807) is 19.2 Å². The third kappa shape index (κ3) is 2.76. The lowest BCUT2D eigenvalue weighted by molar-refractivity contribution is 0.101. The van der Waals surface area contributed by atoms with Crippen LogP contribution in [0.25, 0.3) is 11.5 Å². The largest absolute Gasteiger partial charge is 0.460 e. The van der Waals surface area contributed by atoms with Crippen LogP contribution in [0.1, 0.15) is 16.2 Å². The molecule has 1 N–H and O–H groups in total. The first-order chi connectivity index (χ1) is 10.5. The number of furan rings is 1. The number of amides is 1. The predicted molar refractivity (Wildman–Crippen MR) is 80.0 cm³/mol. The highest BCUT2D eigenvalue weighted by Crippen LogP contribution is 2.22. The number of hydrogen-bond donors (Lipinski definition) is 1. The van der Waals surface area contributed by atoms with Gasteiger partial charge in [-0.3, -0.25) is 9.48 Å². The average molecular weight is 299 g/mol. The third-order valence-corrected chi connectivity index (χ3v) is 3.21. The molecule has 0 aliphatic carbocycles. The Bertz CT molecular complexity index is 818. The first-order valence-electron chi connectivity index (χ1n) is 6.71. The van der Waals surface area contributed by atoms with E-state index in [2.05, 4.69) is 10.4 Å². The fourth-order valence-electron chi connectivity index (χ4n) is 2.10. The zero-order valence-corrected chi connectivity index (χ0v) is 12.1. The molecule has 0 unspecified atom stereocenters. The summed E-state index contributed by atoms with van der Waals surface area (Å²) in [5, 5.41) is 6.97. The minimum absolute atomic E-state index is 0.323. The molecule has 0 saturated heterocycles. The lowest BCUT2D eigenvalue weighted by atomic mass is 10.2. The topological polar surface area (TPSA) is 60.1 Å². The molecule has 0 spiro atoms. The van der Waals surface area contributed by atoms with Crippen molar-refractivity contribution in [3.05, 3.63) is 59.7 Å². The van der Waals surface area contributed by atoms with Gasteiger partial charge in [-0.25, -0.2) is 4.39 Å². The van der Waals surface area contributed by atoms with E-state index in [0.717, 1.165) is 5.76 Å². The highest BCUT2D eigenvalue weighted by Gasteiger charge is 2.16. The van der Waals surface area contributed by atoms with E-state index in [1.807, 2.05) is 13.0 Å². The Kier molecular flexibility index (Phi) is 3.50. The molecule has 2 heterocycles. The number of aromatic nitrogens is 2. The van der Waals surface area contributed by atoms with Gasteiger partial charge in [-0.1, -0.05) is 0 Å². The van der Waals surface area contributed by atoms with Crippen LogP contribution in [0.5, 0.6) is 0 Å². The van der Waals surface area contributed by atoms with E-state index in [-0.39, 0.29) is 11.7 Å². The molecule has 112 valence electrons. The van der Waals surface area contributed by atoms with Gasteiger partial charge in [0.05, 0.1) is 0 Å². The standard InChI is InChI=1S/C16H14FN3O2/c1-10-3-8-15(22-10)13-9-14(20(2)19-13)16(21)18-12-6-4-11(17)5-7-12/h3-9H,1-2H3,(H,18,21). The maximum atomic E-state index is 12.9. The molecular weight excluding hydrogens is 285 g/mol. The summed E-state index contributed by atoms with van der Waals surface area (Å²) >= 11 is 0. The number of nitrogens with zero attached hydrogens (tertiary/aromatic N) is 2. The van der Waals surface area contributed by atoms with Gasteiger partial charge in [0.1, 0.15) is 23.0 Å². The SMILES string of the molecule is Cc1ccc(-c2cc(C(=O)Nc3ccc(F)cc3)n(C)n2)o1. The molecule has 1 aromatic carbocycles. The number of hydrogen-bond acceptors (Lipinski definition) is 3. The van der Waals surface area contributed by atoms with Crippen molar-refractivity contribution in [1.29, 1.82) is 0 Å². The summed E-state index contributed by atoms with van der Waals surface area (Å²) in [5.74, 6) is 0.706. The van der Waals surface area contributed by atoms with Crippen LogP contribution in [0, 0.1) is 12.7 Å². The van der Waals surface area contributed by atoms with Crippen molar-refractivity contribution < 1.29 is 13.6 Å². The molecule has 5 nitrogen and oxygen atoms in total. The Balaban J connectivity index is 1.83. The first kappa shape index (κ1) is 14.1. The maximum Gasteiger partial charge on any atom is 0.273 e. The van der Waals surface area contributed by atoms with Gasteiger partial charge in [0.15, 0.2) is 5.76 Å². The molecule has 1 amide bonds. The molecule has 2 aromatic heterocycles. The first-order valence-corrected chi connectivity index (χ1v) is 6.71. The number of carbonyl (C=O) groups is 1. The Morgan fingerprint density at radius 2 is 1.95 bits per heavy atom. The Labute approximate surface area is 126 Å². The Hall–Kier alpha value is -2.89. The monoisotopic (exact) mass is 299 g/mol. The minimum Gasteiger partial charge on any atom is -0.460 e. The van der Waals surface area contributed by atoms with Crippen LogP contribution in [-0.4, -0.2) is 15.7 Å². The number of benzene rings is 1. The number of anilines is 1. The second-order valence-corrected chi connectivity index (χ2v) is 4.91. The van der Waals surface area contributed by atoms with Gasteiger partial charge in [-0.15, -0.1) is 0 Å². The zero-order valence-electron chi connectivity index (χ0n) is 12.1. The molecule has 0 atom stereocenters. The normalized spacial score (nSPS) is 10.7. The van der Waals surface area contributed by atoms with Crippen LogP contribution in [-0.2, 0) is 7.05 Å². The van der Waals surface area contributed by atoms with Crippen molar-refractivity contribution in [2.45, 2.75) is 6.92 Å². The van der Waals surface area contributed by atoms with Gasteiger partial charge >= 0.3 is 0 Å². The second-order valence-electron chi connectivity index (χ2n) is 4.91. The van der Waals surface area contributed by atoms with Crippen molar-refractivity contribution in [2.24, 2.45) is 7.05 Å². The summed E-state index contributed by atoms with van der Waals surface area (Å²) in [4.78, 5) is 12.3. The number of rotatable bonds is 3. The molecule has 0 fully saturated rings. The van der Waals surface area contributed by atoms with Gasteiger partial charge in [0.25, 0.3) is 5.91 Å². The lowest BCUT2D eigenvalue weighted by Crippen LogP contribution is -2.15. The third-order valence-electron chi connectivity index (χ3n) is 3.21. The highest BCUT2D eigenvalue weighted by molar-refractivity contribution is 6.03. The summed E-state index contributed by atoms with van der Waals surface area (Å²) in [7, 11) is 1.68. The summed E-state index contributed by atoms with van der Waals surface area (Å²) in [5.41, 5.74) is 1.48. The number of nitrogens with one attached hydrogen (secondary N) is 1. The molecule has 3 aromatic rings. The number of aryl methyl sites for hydroxylation is 2. The molecular formula is C16H14FN3O2. The van der Waals surface area contributed by atoms with Gasteiger partial charge in [-0.05, 0) is 43.3 Å². The molecule has 0 saturated carbocycles. The van der Waals surface area contributed by atoms with Crippen molar-refractivity contribution in [3.8, 4) is 11.5 Å². The molecule has 0 bridgehead atoms. The van der Waals surface area contributed by atoms with Crippen LogP contribution in [0.4, 0.5) is 10.1 Å². The zero-order chi connectivity index (χ0) is 15.7. The molecule has 6 heteroatoms. The van der Waals surface area contributed by atoms with E-state index >= 15 is 0 Å². The van der Waals surface area contributed by atoms with Crippen molar-refractivity contribution in [2.75, 3.05) is 5.32 Å². The van der Waals surface area contributed by atoms with Crippen LogP contribution in [0.2, 0.25) is 0 Å². The Morgan fingerprint density at radius 1 is 1.23 bits per heavy atom. The second kappa shape index (κ2) is 5.48. The van der Waals surface area contributed by atoms with Crippen LogP contribution >= 0.6 is 0 Å². The van der Waals surface area contributed by atoms with Crippen LogP contribution < -0.4 is 5.32 Å².